The van der Waals surface area contributed by atoms with Crippen LogP contribution in [-0.4, -0.2) is 30.3 Å². The van der Waals surface area contributed by atoms with Gasteiger partial charge in [0.2, 0.25) is 0 Å². The lowest BCUT2D eigenvalue weighted by Crippen LogP contribution is -2.31. The van der Waals surface area contributed by atoms with Crippen molar-refractivity contribution >= 4 is 11.8 Å². The van der Waals surface area contributed by atoms with Gasteiger partial charge < -0.3 is 10.5 Å². The number of nitrogens with two attached hydrogens (primary N) is 1. The molecule has 0 amide bonds. The van der Waals surface area contributed by atoms with Gasteiger partial charge >= 0.3 is 0 Å². The van der Waals surface area contributed by atoms with Crippen LogP contribution in [0, 0.1) is 0 Å². The van der Waals surface area contributed by atoms with Crippen molar-refractivity contribution in [2.45, 2.75) is 44.8 Å². The molecule has 0 saturated heterocycles. The first-order valence-corrected chi connectivity index (χ1v) is 6.45. The highest BCUT2D eigenvalue weighted by Gasteiger charge is 2.23. The van der Waals surface area contributed by atoms with Gasteiger partial charge in [0, 0.05) is 12.6 Å². The topological polar surface area (TPSA) is 35.2 Å². The van der Waals surface area contributed by atoms with Crippen LogP contribution in [-0.2, 0) is 4.74 Å². The summed E-state index contributed by atoms with van der Waals surface area (Å²) in [5, 5.41) is 0. The normalized spacial score (nSPS) is 28.2. The first-order chi connectivity index (χ1) is 6.34. The second kappa shape index (κ2) is 6.68. The van der Waals surface area contributed by atoms with Crippen LogP contribution in [0.25, 0.3) is 0 Å². The van der Waals surface area contributed by atoms with Gasteiger partial charge in [-0.2, -0.15) is 11.8 Å². The number of thioether (sulfide) groups is 1. The van der Waals surface area contributed by atoms with Crippen molar-refractivity contribution in [3.8, 4) is 0 Å². The lowest BCUT2D eigenvalue weighted by molar-refractivity contribution is 0.0490. The summed E-state index contributed by atoms with van der Waals surface area (Å²) < 4.78 is 5.72. The van der Waals surface area contributed by atoms with Gasteiger partial charge in [0.1, 0.15) is 0 Å². The Bertz CT molecular complexity index is 132. The molecule has 1 rings (SSSR count). The molecule has 2 atom stereocenters. The van der Waals surface area contributed by atoms with Crippen LogP contribution in [0.1, 0.15) is 32.6 Å². The van der Waals surface area contributed by atoms with Crippen molar-refractivity contribution < 1.29 is 4.74 Å². The van der Waals surface area contributed by atoms with Gasteiger partial charge in [-0.25, -0.2) is 0 Å². The molecular weight excluding hydrogens is 182 g/mol. The van der Waals surface area contributed by atoms with E-state index in [0.29, 0.717) is 12.1 Å². The second-order valence-electron chi connectivity index (χ2n) is 3.55. The fourth-order valence-corrected chi connectivity index (χ4v) is 2.31. The molecule has 0 aromatic rings. The minimum atomic E-state index is 0.304. The molecule has 0 spiro atoms. The number of hydrogen-bond donors (Lipinski definition) is 1. The maximum absolute atomic E-state index is 5.89. The lowest BCUT2D eigenvalue weighted by atomic mass is 10.2. The molecule has 1 fully saturated rings. The zero-order chi connectivity index (χ0) is 9.52. The van der Waals surface area contributed by atoms with Gasteiger partial charge in [-0.3, -0.25) is 0 Å². The molecule has 0 aliphatic heterocycles. The summed E-state index contributed by atoms with van der Waals surface area (Å²) in [6, 6.07) is 0.304. The summed E-state index contributed by atoms with van der Waals surface area (Å²) in [7, 11) is 0. The van der Waals surface area contributed by atoms with E-state index >= 15 is 0 Å². The molecule has 1 saturated carbocycles. The van der Waals surface area contributed by atoms with Crippen LogP contribution in [0.5, 0.6) is 0 Å². The third kappa shape index (κ3) is 4.34. The third-order valence-corrected chi connectivity index (χ3v) is 3.46. The fraction of sp³-hybridized carbons (Fsp3) is 1.00. The third-order valence-electron chi connectivity index (χ3n) is 2.47. The van der Waals surface area contributed by atoms with Gasteiger partial charge in [-0.05, 0) is 37.2 Å². The molecule has 0 radical (unpaired) electrons. The molecule has 2 unspecified atom stereocenters. The predicted molar refractivity (Wildman–Crippen MR) is 59.2 cm³/mol. The average Bonchev–Trinajstić information content (AvgIpc) is 2.52. The van der Waals surface area contributed by atoms with Gasteiger partial charge in [-0.15, -0.1) is 0 Å². The summed E-state index contributed by atoms with van der Waals surface area (Å²) >= 11 is 1.98. The standard InChI is InChI=1S/C10H21NOS/c1-2-13-8-4-7-12-10-6-3-5-9(10)11/h9-10H,2-8,11H2,1H3. The molecule has 1 aliphatic carbocycles. The zero-order valence-electron chi connectivity index (χ0n) is 8.50. The molecule has 0 bridgehead atoms. The van der Waals surface area contributed by atoms with Crippen LogP contribution in [0.15, 0.2) is 0 Å². The highest BCUT2D eigenvalue weighted by Crippen LogP contribution is 2.20. The van der Waals surface area contributed by atoms with Crippen LogP contribution in [0.4, 0.5) is 0 Å². The van der Waals surface area contributed by atoms with E-state index in [1.54, 1.807) is 0 Å². The van der Waals surface area contributed by atoms with E-state index in [1.807, 2.05) is 11.8 Å². The first-order valence-electron chi connectivity index (χ1n) is 5.29. The van der Waals surface area contributed by atoms with Gasteiger partial charge in [0.05, 0.1) is 6.10 Å². The van der Waals surface area contributed by atoms with E-state index in [4.69, 9.17) is 10.5 Å². The Morgan fingerprint density at radius 2 is 2.31 bits per heavy atom. The minimum absolute atomic E-state index is 0.304. The van der Waals surface area contributed by atoms with Crippen LogP contribution in [0.2, 0.25) is 0 Å². The molecular formula is C10H21NOS. The Morgan fingerprint density at radius 1 is 1.46 bits per heavy atom. The van der Waals surface area contributed by atoms with Crippen molar-refractivity contribution in [2.24, 2.45) is 5.73 Å². The van der Waals surface area contributed by atoms with E-state index in [-0.39, 0.29) is 0 Å². The van der Waals surface area contributed by atoms with E-state index < -0.39 is 0 Å². The van der Waals surface area contributed by atoms with Crippen molar-refractivity contribution in [1.82, 2.24) is 0 Å². The molecule has 0 aromatic heterocycles. The smallest absolute Gasteiger partial charge is 0.0725 e. The van der Waals surface area contributed by atoms with Crippen molar-refractivity contribution in [3.63, 3.8) is 0 Å². The van der Waals surface area contributed by atoms with Crippen molar-refractivity contribution in [2.75, 3.05) is 18.1 Å². The maximum Gasteiger partial charge on any atom is 0.0725 e. The minimum Gasteiger partial charge on any atom is -0.377 e. The van der Waals surface area contributed by atoms with Gasteiger partial charge in [0.15, 0.2) is 0 Å². The number of ether oxygens (including phenoxy) is 1. The largest absolute Gasteiger partial charge is 0.377 e. The number of rotatable bonds is 6. The number of hydrogen-bond acceptors (Lipinski definition) is 3. The quantitative estimate of drug-likeness (QED) is 0.671. The second-order valence-corrected chi connectivity index (χ2v) is 4.95. The molecule has 78 valence electrons. The summed E-state index contributed by atoms with van der Waals surface area (Å²) in [4.78, 5) is 0. The van der Waals surface area contributed by atoms with Crippen LogP contribution in [0.3, 0.4) is 0 Å². The van der Waals surface area contributed by atoms with E-state index in [2.05, 4.69) is 6.92 Å². The molecule has 0 heterocycles. The summed E-state index contributed by atoms with van der Waals surface area (Å²) in [6.45, 7) is 3.09. The maximum atomic E-state index is 5.89. The fourth-order valence-electron chi connectivity index (χ4n) is 1.70. The Labute approximate surface area is 85.6 Å². The highest BCUT2D eigenvalue weighted by atomic mass is 32.2. The van der Waals surface area contributed by atoms with Crippen LogP contribution >= 0.6 is 11.8 Å². The SMILES string of the molecule is CCSCCCOC1CCCC1N. The Balaban J connectivity index is 1.93. The van der Waals surface area contributed by atoms with Crippen molar-refractivity contribution in [3.05, 3.63) is 0 Å². The Kier molecular flexibility index (Phi) is 5.83. The monoisotopic (exact) mass is 203 g/mol. The average molecular weight is 203 g/mol. The van der Waals surface area contributed by atoms with E-state index in [1.165, 1.54) is 30.8 Å². The van der Waals surface area contributed by atoms with Crippen molar-refractivity contribution in [1.29, 1.82) is 0 Å². The molecule has 0 aromatic carbocycles. The molecule has 3 heteroatoms. The Morgan fingerprint density at radius 3 is 2.92 bits per heavy atom. The van der Waals surface area contributed by atoms with Gasteiger partial charge in [-0.1, -0.05) is 6.92 Å². The summed E-state index contributed by atoms with van der Waals surface area (Å²) in [5.41, 5.74) is 5.89. The summed E-state index contributed by atoms with van der Waals surface area (Å²) in [6.07, 6.45) is 5.08. The molecule has 1 aliphatic rings. The van der Waals surface area contributed by atoms with Gasteiger partial charge in [0.25, 0.3) is 0 Å². The zero-order valence-corrected chi connectivity index (χ0v) is 9.31. The lowest BCUT2D eigenvalue weighted by Gasteiger charge is -2.15. The Hall–Kier alpha value is 0.270. The summed E-state index contributed by atoms with van der Waals surface area (Å²) in [5.74, 6) is 2.43. The molecule has 2 N–H and O–H groups in total. The van der Waals surface area contributed by atoms with E-state index in [9.17, 15) is 0 Å². The first kappa shape index (κ1) is 11.3. The molecule has 2 nitrogen and oxygen atoms in total. The van der Waals surface area contributed by atoms with Crippen LogP contribution < -0.4 is 5.73 Å². The van der Waals surface area contributed by atoms with E-state index in [0.717, 1.165) is 13.0 Å². The highest BCUT2D eigenvalue weighted by molar-refractivity contribution is 7.99. The molecule has 13 heavy (non-hydrogen) atoms. The predicted octanol–water partition coefficient (Wildman–Crippen LogP) is 2.03.